The summed E-state index contributed by atoms with van der Waals surface area (Å²) < 4.78 is 17.4. The summed E-state index contributed by atoms with van der Waals surface area (Å²) in [7, 11) is 5.92. The van der Waals surface area contributed by atoms with Gasteiger partial charge in [-0.1, -0.05) is 59.3 Å². The normalized spacial score (nSPS) is 12.5. The van der Waals surface area contributed by atoms with Crippen molar-refractivity contribution in [3.8, 4) is 0 Å². The van der Waals surface area contributed by atoms with Crippen molar-refractivity contribution in [3.63, 3.8) is 0 Å². The molecule has 0 aromatic carbocycles. The molecule has 0 aliphatic carbocycles. The van der Waals surface area contributed by atoms with E-state index in [4.69, 9.17) is 14.2 Å². The number of hydrogen-bond donors (Lipinski definition) is 0. The number of carbonyl (C=O) groups is 3. The molecule has 0 aromatic heterocycles. The van der Waals surface area contributed by atoms with Crippen molar-refractivity contribution < 1.29 is 28.6 Å². The van der Waals surface area contributed by atoms with Crippen molar-refractivity contribution in [3.05, 3.63) is 0 Å². The van der Waals surface area contributed by atoms with E-state index in [2.05, 4.69) is 34.6 Å². The van der Waals surface area contributed by atoms with E-state index in [0.29, 0.717) is 38.6 Å². The maximum atomic E-state index is 14.0. The van der Waals surface area contributed by atoms with Crippen LogP contribution in [-0.4, -0.2) is 70.6 Å². The van der Waals surface area contributed by atoms with E-state index < -0.39 is 15.6 Å². The second-order valence-corrected chi connectivity index (χ2v) is 41.8. The van der Waals surface area contributed by atoms with Crippen LogP contribution < -0.4 is 0 Å². The van der Waals surface area contributed by atoms with Crippen LogP contribution in [-0.2, 0) is 28.6 Å². The van der Waals surface area contributed by atoms with E-state index in [0.717, 1.165) is 81.5 Å². The second kappa shape index (κ2) is 49.7. The molecule has 6 nitrogen and oxygen atoms in total. The predicted octanol–water partition coefficient (Wildman–Crippen LogP) is 16.8. The third-order valence-electron chi connectivity index (χ3n) is 11.7. The first-order valence-corrected chi connectivity index (χ1v) is 39.6. The molecule has 0 saturated heterocycles. The van der Waals surface area contributed by atoms with Gasteiger partial charge >= 0.3 is 338 Å². The number of rotatable bonds is 49. The van der Waals surface area contributed by atoms with Crippen LogP contribution in [0.4, 0.5) is 0 Å². The van der Waals surface area contributed by atoms with Crippen molar-refractivity contribution in [2.45, 2.75) is 259 Å². The first-order valence-electron chi connectivity index (χ1n) is 26.2. The number of carbonyl (C=O) groups excluding carboxylic acids is 3. The van der Waals surface area contributed by atoms with Gasteiger partial charge in [0.1, 0.15) is 0 Å². The summed E-state index contributed by atoms with van der Waals surface area (Å²) in [6.45, 7) is 12.9. The van der Waals surface area contributed by atoms with Crippen LogP contribution in [0.15, 0.2) is 0 Å². The summed E-state index contributed by atoms with van der Waals surface area (Å²) in [5.74, 6) is 2.36. The number of esters is 3. The molecule has 0 N–H and O–H groups in total. The Morgan fingerprint density at radius 1 is 0.393 bits per heavy atom. The van der Waals surface area contributed by atoms with Gasteiger partial charge in [-0.3, -0.25) is 0 Å². The molecule has 10 heteroatoms. The molecular formula is C51H99O6S3Sn. The molecule has 0 aliphatic rings. The quantitative estimate of drug-likeness (QED) is 0.0256. The molecule has 0 aromatic rings. The second-order valence-electron chi connectivity index (χ2n) is 17.5. The first kappa shape index (κ1) is 61.3. The van der Waals surface area contributed by atoms with E-state index in [1.54, 1.807) is 0 Å². The van der Waals surface area contributed by atoms with Gasteiger partial charge in [0.25, 0.3) is 0 Å². The van der Waals surface area contributed by atoms with Crippen molar-refractivity contribution in [1.29, 1.82) is 0 Å². The molecule has 0 fully saturated rings. The Morgan fingerprint density at radius 3 is 1.11 bits per heavy atom. The zero-order valence-corrected chi connectivity index (χ0v) is 46.1. The van der Waals surface area contributed by atoms with Crippen LogP contribution in [0.2, 0.25) is 0 Å². The molecule has 2 unspecified atom stereocenters. The maximum absolute atomic E-state index is 14.0. The van der Waals surface area contributed by atoms with Crippen molar-refractivity contribution in [1.82, 2.24) is 0 Å². The van der Waals surface area contributed by atoms with Crippen molar-refractivity contribution >= 4 is 60.4 Å². The van der Waals surface area contributed by atoms with Gasteiger partial charge in [0.2, 0.25) is 0 Å². The van der Waals surface area contributed by atoms with Crippen LogP contribution in [0.5, 0.6) is 0 Å². The van der Waals surface area contributed by atoms with Gasteiger partial charge < -0.3 is 0 Å². The molecule has 0 saturated carbocycles. The fourth-order valence-corrected chi connectivity index (χ4v) is 33.4. The molecule has 361 valence electrons. The molecular weight excluding hydrogens is 923 g/mol. The van der Waals surface area contributed by atoms with E-state index >= 15 is 0 Å². The van der Waals surface area contributed by atoms with Crippen LogP contribution >= 0.6 is 26.8 Å². The number of hydrogen-bond acceptors (Lipinski definition) is 9. The van der Waals surface area contributed by atoms with E-state index in [9.17, 15) is 14.4 Å². The molecule has 0 aliphatic heterocycles. The van der Waals surface area contributed by atoms with E-state index in [-0.39, 0.29) is 23.8 Å². The molecule has 61 heavy (non-hydrogen) atoms. The van der Waals surface area contributed by atoms with Gasteiger partial charge in [-0.2, -0.15) is 0 Å². The third kappa shape index (κ3) is 42.6. The molecule has 0 rings (SSSR count). The Bertz CT molecular complexity index is 919. The summed E-state index contributed by atoms with van der Waals surface area (Å²) in [6.07, 6.45) is 41.0. The van der Waals surface area contributed by atoms with Gasteiger partial charge in [-0.05, 0) is 0 Å². The van der Waals surface area contributed by atoms with Crippen molar-refractivity contribution in [2.24, 2.45) is 11.8 Å². The molecule has 0 amide bonds. The summed E-state index contributed by atoms with van der Waals surface area (Å²) >= 11 is -2.30. The summed E-state index contributed by atoms with van der Waals surface area (Å²) in [6, 6.07) is 0. The molecule has 0 bridgehead atoms. The molecule has 2 atom stereocenters. The SMILES string of the molecule is CCCCCCCCCCOC(=O)CC[S][Sn]([S]CCC(=O)OCCCCCCCCCC)[S]CC(C(=O)OCCCCCCCCCC)C(CCCC)CCCCCCC. The van der Waals surface area contributed by atoms with E-state index in [1.807, 2.05) is 26.8 Å². The zero-order chi connectivity index (χ0) is 44.7. The van der Waals surface area contributed by atoms with Crippen LogP contribution in [0.25, 0.3) is 0 Å². The average molecular weight is 1020 g/mol. The van der Waals surface area contributed by atoms with Gasteiger partial charge in [0.05, 0.1) is 0 Å². The van der Waals surface area contributed by atoms with Gasteiger partial charge in [-0.15, -0.1) is 0 Å². The number of ether oxygens (including phenoxy) is 3. The Labute approximate surface area is 394 Å². The fraction of sp³-hybridized carbons (Fsp3) is 0.941. The predicted molar refractivity (Wildman–Crippen MR) is 273 cm³/mol. The minimum atomic E-state index is -2.30. The van der Waals surface area contributed by atoms with Crippen LogP contribution in [0.1, 0.15) is 259 Å². The first-order chi connectivity index (χ1) is 29.9. The summed E-state index contributed by atoms with van der Waals surface area (Å²) in [5.41, 5.74) is 0. The Kier molecular flexibility index (Phi) is 49.9. The molecule has 1 radical (unpaired) electrons. The van der Waals surface area contributed by atoms with Crippen molar-refractivity contribution in [2.75, 3.05) is 37.1 Å². The average Bonchev–Trinajstić information content (AvgIpc) is 3.25. The third-order valence-corrected chi connectivity index (χ3v) is 38.9. The zero-order valence-electron chi connectivity index (χ0n) is 40.8. The fourth-order valence-electron chi connectivity index (χ4n) is 7.64. The Hall–Kier alpha value is 0.259. The van der Waals surface area contributed by atoms with Gasteiger partial charge in [0, 0.05) is 0 Å². The topological polar surface area (TPSA) is 78.9 Å². The monoisotopic (exact) mass is 1020 g/mol. The van der Waals surface area contributed by atoms with Gasteiger partial charge in [0.15, 0.2) is 0 Å². The standard InChI is InChI=1S/C25H50O2S.2C13H26O2S.Sn/c1-4-7-10-12-13-14-16-18-21-27-25(26)24(22-28)23(19-9-6-3)20-17-15-11-8-5-2;2*1-2-3-4-5-6-7-8-9-11-15-13(14)10-12-16;/h23-24,28H,4-22H2,1-3H3;2*16H,2-12H2,1H3;/q;;;+3/p-3. The summed E-state index contributed by atoms with van der Waals surface area (Å²) in [4.78, 5) is 39.5. The summed E-state index contributed by atoms with van der Waals surface area (Å²) in [5, 5.41) is 0. The molecule has 0 heterocycles. The van der Waals surface area contributed by atoms with E-state index in [1.165, 1.54) is 148 Å². The Morgan fingerprint density at radius 2 is 0.721 bits per heavy atom. The number of unbranched alkanes of at least 4 members (excludes halogenated alkanes) is 26. The van der Waals surface area contributed by atoms with Crippen LogP contribution in [0, 0.1) is 11.8 Å². The minimum absolute atomic E-state index is 0.0110. The molecule has 0 spiro atoms. The van der Waals surface area contributed by atoms with Crippen LogP contribution in [0.3, 0.4) is 0 Å². The van der Waals surface area contributed by atoms with Gasteiger partial charge in [-0.25, -0.2) is 0 Å². The Balaban J connectivity index is 5.40.